The summed E-state index contributed by atoms with van der Waals surface area (Å²) in [5.41, 5.74) is 0.691. The molecular formula is C15H24N2O4. The zero-order chi connectivity index (χ0) is 15.8. The van der Waals surface area contributed by atoms with Crippen molar-refractivity contribution in [3.63, 3.8) is 0 Å². The Balaban J connectivity index is 2.67. The minimum atomic E-state index is -0.424. The number of nitrogens with zero attached hydrogens (tertiary/aromatic N) is 1. The minimum absolute atomic E-state index is 0.0133. The zero-order valence-electron chi connectivity index (χ0n) is 12.8. The minimum Gasteiger partial charge on any atom is -0.491 e. The molecular weight excluding hydrogens is 272 g/mol. The van der Waals surface area contributed by atoms with Crippen molar-refractivity contribution in [2.24, 2.45) is 5.92 Å². The van der Waals surface area contributed by atoms with Gasteiger partial charge in [-0.2, -0.15) is 0 Å². The van der Waals surface area contributed by atoms with Gasteiger partial charge in [0.1, 0.15) is 5.75 Å². The number of benzene rings is 1. The Morgan fingerprint density at radius 3 is 2.62 bits per heavy atom. The van der Waals surface area contributed by atoms with E-state index in [1.165, 1.54) is 12.1 Å². The maximum Gasteiger partial charge on any atom is 0.275 e. The van der Waals surface area contributed by atoms with Crippen LogP contribution < -0.4 is 10.1 Å². The first kappa shape index (κ1) is 17.2. The van der Waals surface area contributed by atoms with Crippen LogP contribution in [0, 0.1) is 16.0 Å². The summed E-state index contributed by atoms with van der Waals surface area (Å²) in [7, 11) is 0. The standard InChI is InChI=1S/C15H24N2O4/c1-11(2)21-15-8-13(7-14(9-15)17(19)20)16-6-4-5-12(3)10-18/h7-9,11-12,16,18H,4-6,10H2,1-3H3. The first-order valence-electron chi connectivity index (χ1n) is 7.23. The Morgan fingerprint density at radius 2 is 2.05 bits per heavy atom. The fraction of sp³-hybridized carbons (Fsp3) is 0.600. The molecule has 0 amide bonds. The number of nitro benzene ring substituents is 1. The Hall–Kier alpha value is -1.82. The molecule has 1 aromatic rings. The molecule has 0 fully saturated rings. The van der Waals surface area contributed by atoms with Crippen LogP contribution in [0.3, 0.4) is 0 Å². The number of non-ortho nitro benzene ring substituents is 1. The Labute approximate surface area is 125 Å². The summed E-state index contributed by atoms with van der Waals surface area (Å²) in [6.45, 7) is 6.63. The molecule has 0 heterocycles. The number of hydrogen-bond acceptors (Lipinski definition) is 5. The summed E-state index contributed by atoms with van der Waals surface area (Å²) in [6.07, 6.45) is 1.77. The van der Waals surface area contributed by atoms with Crippen LogP contribution in [0.25, 0.3) is 0 Å². The number of aliphatic hydroxyl groups is 1. The molecule has 0 bridgehead atoms. The van der Waals surface area contributed by atoms with Crippen molar-refractivity contribution in [2.45, 2.75) is 39.7 Å². The molecule has 0 aliphatic heterocycles. The first-order chi connectivity index (χ1) is 9.92. The molecule has 118 valence electrons. The number of nitro groups is 1. The molecule has 0 aliphatic rings. The van der Waals surface area contributed by atoms with Crippen molar-refractivity contribution in [3.05, 3.63) is 28.3 Å². The highest BCUT2D eigenvalue weighted by atomic mass is 16.6. The maximum atomic E-state index is 10.9. The first-order valence-corrected chi connectivity index (χ1v) is 7.23. The van der Waals surface area contributed by atoms with E-state index in [2.05, 4.69) is 5.32 Å². The predicted molar refractivity (Wildman–Crippen MR) is 82.8 cm³/mol. The Morgan fingerprint density at radius 1 is 1.33 bits per heavy atom. The molecule has 6 nitrogen and oxygen atoms in total. The van der Waals surface area contributed by atoms with Crippen LogP contribution >= 0.6 is 0 Å². The highest BCUT2D eigenvalue weighted by Crippen LogP contribution is 2.26. The summed E-state index contributed by atoms with van der Waals surface area (Å²) in [4.78, 5) is 10.5. The van der Waals surface area contributed by atoms with Crippen molar-refractivity contribution in [3.8, 4) is 5.75 Å². The topological polar surface area (TPSA) is 84.6 Å². The number of nitrogens with one attached hydrogen (secondary N) is 1. The molecule has 1 aromatic carbocycles. The van der Waals surface area contributed by atoms with E-state index in [-0.39, 0.29) is 24.3 Å². The number of hydrogen-bond donors (Lipinski definition) is 2. The van der Waals surface area contributed by atoms with Gasteiger partial charge in [-0.3, -0.25) is 10.1 Å². The second-order valence-electron chi connectivity index (χ2n) is 5.50. The monoisotopic (exact) mass is 296 g/mol. The third-order valence-electron chi connectivity index (χ3n) is 2.99. The van der Waals surface area contributed by atoms with E-state index in [0.717, 1.165) is 12.8 Å². The summed E-state index contributed by atoms with van der Waals surface area (Å²) < 4.78 is 5.53. The Bertz CT molecular complexity index is 463. The van der Waals surface area contributed by atoms with Gasteiger partial charge in [-0.15, -0.1) is 0 Å². The average molecular weight is 296 g/mol. The second kappa shape index (κ2) is 8.46. The number of rotatable bonds is 9. The van der Waals surface area contributed by atoms with Gasteiger partial charge >= 0.3 is 0 Å². The van der Waals surface area contributed by atoms with Crippen molar-refractivity contribution in [1.82, 2.24) is 0 Å². The summed E-state index contributed by atoms with van der Waals surface area (Å²) >= 11 is 0. The summed E-state index contributed by atoms with van der Waals surface area (Å²) in [5.74, 6) is 0.766. The number of anilines is 1. The van der Waals surface area contributed by atoms with Crippen LogP contribution in [0.2, 0.25) is 0 Å². The molecule has 0 radical (unpaired) electrons. The van der Waals surface area contributed by atoms with Gasteiger partial charge in [0.2, 0.25) is 0 Å². The van der Waals surface area contributed by atoms with Crippen LogP contribution in [0.1, 0.15) is 33.6 Å². The zero-order valence-corrected chi connectivity index (χ0v) is 12.8. The quantitative estimate of drug-likeness (QED) is 0.415. The summed E-state index contributed by atoms with van der Waals surface area (Å²) in [6, 6.07) is 4.70. The maximum absolute atomic E-state index is 10.9. The van der Waals surface area contributed by atoms with Gasteiger partial charge in [-0.05, 0) is 32.6 Å². The molecule has 1 unspecified atom stereocenters. The average Bonchev–Trinajstić information content (AvgIpc) is 2.42. The number of aliphatic hydroxyl groups excluding tert-OH is 1. The second-order valence-corrected chi connectivity index (χ2v) is 5.50. The summed E-state index contributed by atoms with van der Waals surface area (Å²) in [5, 5.41) is 23.1. The molecule has 0 aliphatic carbocycles. The fourth-order valence-electron chi connectivity index (χ4n) is 1.91. The largest absolute Gasteiger partial charge is 0.491 e. The SMILES string of the molecule is CC(CO)CCCNc1cc(OC(C)C)cc([N+](=O)[O-])c1. The lowest BCUT2D eigenvalue weighted by Gasteiger charge is -2.13. The normalized spacial score (nSPS) is 12.2. The fourth-order valence-corrected chi connectivity index (χ4v) is 1.91. The highest BCUT2D eigenvalue weighted by molar-refractivity contribution is 5.56. The van der Waals surface area contributed by atoms with E-state index >= 15 is 0 Å². The lowest BCUT2D eigenvalue weighted by atomic mass is 10.1. The van der Waals surface area contributed by atoms with Crippen molar-refractivity contribution in [2.75, 3.05) is 18.5 Å². The van der Waals surface area contributed by atoms with Gasteiger partial charge in [0.15, 0.2) is 0 Å². The highest BCUT2D eigenvalue weighted by Gasteiger charge is 2.11. The lowest BCUT2D eigenvalue weighted by molar-refractivity contribution is -0.384. The predicted octanol–water partition coefficient (Wildman–Crippen LogP) is 3.20. The molecule has 1 atom stereocenters. The van der Waals surface area contributed by atoms with Gasteiger partial charge in [0, 0.05) is 31.0 Å². The van der Waals surface area contributed by atoms with E-state index in [4.69, 9.17) is 9.84 Å². The van der Waals surface area contributed by atoms with E-state index < -0.39 is 4.92 Å². The molecule has 1 rings (SSSR count). The molecule has 2 N–H and O–H groups in total. The van der Waals surface area contributed by atoms with Crippen molar-refractivity contribution < 1.29 is 14.8 Å². The van der Waals surface area contributed by atoms with E-state index in [1.54, 1.807) is 6.07 Å². The van der Waals surface area contributed by atoms with Crippen molar-refractivity contribution >= 4 is 11.4 Å². The van der Waals surface area contributed by atoms with Crippen LogP contribution in [0.5, 0.6) is 5.75 Å². The molecule has 6 heteroatoms. The smallest absolute Gasteiger partial charge is 0.275 e. The third-order valence-corrected chi connectivity index (χ3v) is 2.99. The van der Waals surface area contributed by atoms with Crippen molar-refractivity contribution in [1.29, 1.82) is 0 Å². The molecule has 0 spiro atoms. The van der Waals surface area contributed by atoms with Crippen LogP contribution in [0.4, 0.5) is 11.4 Å². The Kier molecular flexibility index (Phi) is 6.94. The molecule has 0 saturated carbocycles. The van der Waals surface area contributed by atoms with E-state index in [9.17, 15) is 10.1 Å². The van der Waals surface area contributed by atoms with Gasteiger partial charge in [-0.1, -0.05) is 6.92 Å². The molecule has 0 aromatic heterocycles. The van der Waals surface area contributed by atoms with Crippen LogP contribution in [-0.4, -0.2) is 29.3 Å². The van der Waals surface area contributed by atoms with E-state index in [1.807, 2.05) is 20.8 Å². The van der Waals surface area contributed by atoms with Gasteiger partial charge < -0.3 is 15.2 Å². The van der Waals surface area contributed by atoms with Crippen LogP contribution in [-0.2, 0) is 0 Å². The molecule has 0 saturated heterocycles. The van der Waals surface area contributed by atoms with Gasteiger partial charge in [0.05, 0.1) is 17.1 Å². The lowest BCUT2D eigenvalue weighted by Crippen LogP contribution is -2.08. The third kappa shape index (κ3) is 6.44. The van der Waals surface area contributed by atoms with Gasteiger partial charge in [0.25, 0.3) is 5.69 Å². The van der Waals surface area contributed by atoms with Gasteiger partial charge in [-0.25, -0.2) is 0 Å². The van der Waals surface area contributed by atoms with Crippen LogP contribution in [0.15, 0.2) is 18.2 Å². The number of ether oxygens (including phenoxy) is 1. The van der Waals surface area contributed by atoms with E-state index in [0.29, 0.717) is 18.0 Å². The molecule has 21 heavy (non-hydrogen) atoms.